The average Bonchev–Trinajstić information content (AvgIpc) is 2.86. The largest absolute Gasteiger partial charge is 0.508 e. The fraction of sp³-hybridized carbons (Fsp3) is 0.308. The van der Waals surface area contributed by atoms with Crippen LogP contribution in [0.2, 0.25) is 0 Å². The molecule has 1 aliphatic rings. The van der Waals surface area contributed by atoms with Crippen molar-refractivity contribution in [2.24, 2.45) is 5.73 Å². The van der Waals surface area contributed by atoms with Crippen molar-refractivity contribution in [3.05, 3.63) is 42.2 Å². The van der Waals surface area contributed by atoms with Crippen molar-refractivity contribution in [1.82, 2.24) is 9.78 Å². The lowest BCUT2D eigenvalue weighted by atomic mass is 10.1. The van der Waals surface area contributed by atoms with Crippen molar-refractivity contribution < 1.29 is 5.11 Å². The number of aromatic hydroxyl groups is 1. The summed E-state index contributed by atoms with van der Waals surface area (Å²) in [6.07, 6.45) is 4.82. The van der Waals surface area contributed by atoms with Gasteiger partial charge in [-0.1, -0.05) is 0 Å². The van der Waals surface area contributed by atoms with Crippen molar-refractivity contribution in [3.63, 3.8) is 0 Å². The summed E-state index contributed by atoms with van der Waals surface area (Å²) in [5, 5.41) is 13.6. The Morgan fingerprint density at radius 2 is 1.94 bits per heavy atom. The van der Waals surface area contributed by atoms with Crippen LogP contribution in [0.3, 0.4) is 0 Å². The predicted molar refractivity (Wildman–Crippen MR) is 65.1 cm³/mol. The van der Waals surface area contributed by atoms with Crippen molar-refractivity contribution in [3.8, 4) is 11.4 Å². The minimum atomic E-state index is -0.0191. The predicted octanol–water partition coefficient (Wildman–Crippen LogP) is 1.61. The first-order valence-electron chi connectivity index (χ1n) is 5.78. The quantitative estimate of drug-likeness (QED) is 0.840. The third kappa shape index (κ3) is 2.03. The van der Waals surface area contributed by atoms with Crippen LogP contribution in [0.4, 0.5) is 0 Å². The van der Waals surface area contributed by atoms with E-state index < -0.39 is 0 Å². The van der Waals surface area contributed by atoms with E-state index in [0.717, 1.165) is 30.6 Å². The van der Waals surface area contributed by atoms with E-state index in [1.165, 1.54) is 0 Å². The summed E-state index contributed by atoms with van der Waals surface area (Å²) in [6, 6.07) is 9.02. The topological polar surface area (TPSA) is 64.1 Å². The van der Waals surface area contributed by atoms with Gasteiger partial charge in [0, 0.05) is 23.9 Å². The molecule has 0 radical (unpaired) electrons. The number of benzene rings is 1. The molecule has 0 saturated heterocycles. The fourth-order valence-corrected chi connectivity index (χ4v) is 1.99. The lowest BCUT2D eigenvalue weighted by Gasteiger charge is -2.11. The molecule has 0 amide bonds. The molecular formula is C13H15N3O. The average molecular weight is 229 g/mol. The smallest absolute Gasteiger partial charge is 0.115 e. The number of hydrogen-bond donors (Lipinski definition) is 2. The van der Waals surface area contributed by atoms with Gasteiger partial charge in [-0.05, 0) is 43.2 Å². The Bertz CT molecular complexity index is 526. The Labute approximate surface area is 99.7 Å². The Hall–Kier alpha value is -1.81. The van der Waals surface area contributed by atoms with Crippen LogP contribution >= 0.6 is 0 Å². The van der Waals surface area contributed by atoms with E-state index >= 15 is 0 Å². The van der Waals surface area contributed by atoms with Crippen molar-refractivity contribution in [1.29, 1.82) is 0 Å². The van der Waals surface area contributed by atoms with Gasteiger partial charge in [-0.2, -0.15) is 5.10 Å². The molecule has 3 rings (SSSR count). The molecule has 4 heteroatoms. The SMILES string of the molecule is NC1(Cc2ccnn2-c2ccc(O)cc2)CC1. The van der Waals surface area contributed by atoms with Gasteiger partial charge < -0.3 is 10.8 Å². The van der Waals surface area contributed by atoms with Crippen molar-refractivity contribution in [2.45, 2.75) is 24.8 Å². The van der Waals surface area contributed by atoms with E-state index in [0.29, 0.717) is 0 Å². The lowest BCUT2D eigenvalue weighted by molar-refractivity contribution is 0.475. The second kappa shape index (κ2) is 3.60. The maximum absolute atomic E-state index is 9.27. The van der Waals surface area contributed by atoms with Gasteiger partial charge in [-0.3, -0.25) is 0 Å². The summed E-state index contributed by atoms with van der Waals surface area (Å²) < 4.78 is 1.88. The summed E-state index contributed by atoms with van der Waals surface area (Å²) in [4.78, 5) is 0. The molecule has 1 aromatic heterocycles. The van der Waals surface area contributed by atoms with Gasteiger partial charge in [0.15, 0.2) is 0 Å². The number of rotatable bonds is 3. The zero-order valence-corrected chi connectivity index (χ0v) is 9.50. The van der Waals surface area contributed by atoms with E-state index in [2.05, 4.69) is 5.10 Å². The van der Waals surface area contributed by atoms with Crippen LogP contribution in [-0.4, -0.2) is 20.4 Å². The first-order chi connectivity index (χ1) is 8.16. The monoisotopic (exact) mass is 229 g/mol. The van der Waals surface area contributed by atoms with Crippen LogP contribution in [0, 0.1) is 0 Å². The lowest BCUT2D eigenvalue weighted by Crippen LogP contribution is -2.25. The highest BCUT2D eigenvalue weighted by Crippen LogP contribution is 2.35. The zero-order valence-electron chi connectivity index (χ0n) is 9.50. The number of phenols is 1. The van der Waals surface area contributed by atoms with Crippen molar-refractivity contribution >= 4 is 0 Å². The Balaban J connectivity index is 1.92. The molecule has 0 unspecified atom stereocenters. The first kappa shape index (κ1) is 10.4. The van der Waals surface area contributed by atoms with Gasteiger partial charge in [0.25, 0.3) is 0 Å². The molecule has 17 heavy (non-hydrogen) atoms. The summed E-state index contributed by atoms with van der Waals surface area (Å²) in [6.45, 7) is 0. The number of aromatic nitrogens is 2. The second-order valence-electron chi connectivity index (χ2n) is 4.79. The van der Waals surface area contributed by atoms with Gasteiger partial charge in [0.2, 0.25) is 0 Å². The van der Waals surface area contributed by atoms with E-state index in [1.807, 2.05) is 22.9 Å². The van der Waals surface area contributed by atoms with Crippen LogP contribution < -0.4 is 5.73 Å². The first-order valence-corrected chi connectivity index (χ1v) is 5.78. The molecule has 0 aliphatic heterocycles. The number of nitrogens with zero attached hydrogens (tertiary/aromatic N) is 2. The van der Waals surface area contributed by atoms with Gasteiger partial charge in [-0.25, -0.2) is 4.68 Å². The maximum Gasteiger partial charge on any atom is 0.115 e. The van der Waals surface area contributed by atoms with Crippen LogP contribution in [0.15, 0.2) is 36.5 Å². The zero-order chi connectivity index (χ0) is 11.9. The van der Waals surface area contributed by atoms with Gasteiger partial charge >= 0.3 is 0 Å². The molecule has 88 valence electrons. The van der Waals surface area contributed by atoms with Crippen LogP contribution in [0.5, 0.6) is 5.75 Å². The highest BCUT2D eigenvalue weighted by molar-refractivity contribution is 5.37. The Morgan fingerprint density at radius 1 is 1.24 bits per heavy atom. The highest BCUT2D eigenvalue weighted by atomic mass is 16.3. The molecule has 1 aliphatic carbocycles. The molecule has 3 N–H and O–H groups in total. The molecule has 0 spiro atoms. The molecule has 1 aromatic carbocycles. The molecule has 1 fully saturated rings. The Morgan fingerprint density at radius 3 is 2.59 bits per heavy atom. The van der Waals surface area contributed by atoms with E-state index in [-0.39, 0.29) is 11.3 Å². The minimum Gasteiger partial charge on any atom is -0.508 e. The molecule has 0 bridgehead atoms. The van der Waals surface area contributed by atoms with Gasteiger partial charge in [0.05, 0.1) is 5.69 Å². The Kier molecular flexibility index (Phi) is 2.19. The molecule has 0 atom stereocenters. The second-order valence-corrected chi connectivity index (χ2v) is 4.79. The standard InChI is InChI=1S/C13H15N3O/c14-13(6-7-13)9-11-5-8-15-16(11)10-1-3-12(17)4-2-10/h1-5,8,17H,6-7,9,14H2. The van der Waals surface area contributed by atoms with Gasteiger partial charge in [-0.15, -0.1) is 0 Å². The van der Waals surface area contributed by atoms with Crippen LogP contribution in [0.25, 0.3) is 5.69 Å². The van der Waals surface area contributed by atoms with Crippen LogP contribution in [-0.2, 0) is 6.42 Å². The fourth-order valence-electron chi connectivity index (χ4n) is 1.99. The van der Waals surface area contributed by atoms with E-state index in [1.54, 1.807) is 18.3 Å². The molecule has 1 heterocycles. The normalized spacial score (nSPS) is 17.0. The molecule has 2 aromatic rings. The highest BCUT2D eigenvalue weighted by Gasteiger charge is 2.38. The third-order valence-corrected chi connectivity index (χ3v) is 3.24. The summed E-state index contributed by atoms with van der Waals surface area (Å²) in [7, 11) is 0. The number of hydrogen-bond acceptors (Lipinski definition) is 3. The third-order valence-electron chi connectivity index (χ3n) is 3.24. The van der Waals surface area contributed by atoms with Gasteiger partial charge in [0.1, 0.15) is 5.75 Å². The minimum absolute atomic E-state index is 0.0191. The molecule has 4 nitrogen and oxygen atoms in total. The number of phenolic OH excluding ortho intramolecular Hbond substituents is 1. The summed E-state index contributed by atoms with van der Waals surface area (Å²) in [5.41, 5.74) is 8.18. The van der Waals surface area contributed by atoms with Crippen LogP contribution in [0.1, 0.15) is 18.5 Å². The van der Waals surface area contributed by atoms with E-state index in [4.69, 9.17) is 5.73 Å². The number of nitrogens with two attached hydrogens (primary N) is 1. The molecule has 1 saturated carbocycles. The summed E-state index contributed by atoms with van der Waals surface area (Å²) in [5.74, 6) is 0.264. The molecular weight excluding hydrogens is 214 g/mol. The summed E-state index contributed by atoms with van der Waals surface area (Å²) >= 11 is 0. The van der Waals surface area contributed by atoms with E-state index in [9.17, 15) is 5.11 Å². The van der Waals surface area contributed by atoms with Crippen molar-refractivity contribution in [2.75, 3.05) is 0 Å². The maximum atomic E-state index is 9.27.